The summed E-state index contributed by atoms with van der Waals surface area (Å²) in [5.41, 5.74) is 0. The second kappa shape index (κ2) is 6.68. The summed E-state index contributed by atoms with van der Waals surface area (Å²) in [5.74, 6) is 0.155. The van der Waals surface area contributed by atoms with E-state index in [1.807, 2.05) is 18.0 Å². The highest BCUT2D eigenvalue weighted by atomic mass is 79.9. The minimum absolute atomic E-state index is 0.155. The Hall–Kier alpha value is -0.390. The van der Waals surface area contributed by atoms with E-state index in [1.165, 1.54) is 22.2 Å². The molecule has 2 aromatic heterocycles. The van der Waals surface area contributed by atoms with E-state index in [0.29, 0.717) is 0 Å². The van der Waals surface area contributed by atoms with Crippen LogP contribution < -0.4 is 0 Å². The smallest absolute Gasteiger partial charge is 0.263 e. The van der Waals surface area contributed by atoms with Crippen molar-refractivity contribution in [2.24, 2.45) is 0 Å². The Morgan fingerprint density at radius 2 is 2.17 bits per heavy atom. The quantitative estimate of drug-likeness (QED) is 0.553. The molecule has 0 aliphatic rings. The molecular formula is C13H16BrNOS2. The number of amides is 1. The van der Waals surface area contributed by atoms with Gasteiger partial charge in [0.15, 0.2) is 0 Å². The lowest BCUT2D eigenvalue weighted by Gasteiger charge is -2.15. The number of carbonyl (C=O) groups is 1. The fourth-order valence-electron chi connectivity index (χ4n) is 1.78. The van der Waals surface area contributed by atoms with E-state index in [-0.39, 0.29) is 5.91 Å². The van der Waals surface area contributed by atoms with Gasteiger partial charge in [-0.1, -0.05) is 22.4 Å². The molecule has 0 N–H and O–H groups in total. The van der Waals surface area contributed by atoms with Crippen molar-refractivity contribution in [2.75, 3.05) is 18.9 Å². The summed E-state index contributed by atoms with van der Waals surface area (Å²) in [7, 11) is 1.89. The van der Waals surface area contributed by atoms with Crippen LogP contribution in [0.1, 0.15) is 28.9 Å². The molecule has 1 amide bonds. The van der Waals surface area contributed by atoms with Crippen LogP contribution in [0.25, 0.3) is 9.40 Å². The van der Waals surface area contributed by atoms with Gasteiger partial charge in [0.05, 0.1) is 4.88 Å². The van der Waals surface area contributed by atoms with Gasteiger partial charge < -0.3 is 4.90 Å². The maximum atomic E-state index is 12.2. The number of carbonyl (C=O) groups excluding carboxylic acids is 1. The summed E-state index contributed by atoms with van der Waals surface area (Å²) in [6, 6.07) is 4.10. The van der Waals surface area contributed by atoms with Crippen molar-refractivity contribution < 1.29 is 4.79 Å². The van der Waals surface area contributed by atoms with Crippen molar-refractivity contribution in [3.8, 4) is 0 Å². The molecule has 0 aliphatic heterocycles. The van der Waals surface area contributed by atoms with Crippen molar-refractivity contribution in [3.63, 3.8) is 0 Å². The SMILES string of the molecule is CN(CCCCCBr)C(=O)c1cc2sccc2s1. The fraction of sp³-hybridized carbons (Fsp3) is 0.462. The van der Waals surface area contributed by atoms with Crippen LogP contribution in [-0.4, -0.2) is 29.7 Å². The monoisotopic (exact) mass is 345 g/mol. The number of hydrogen-bond donors (Lipinski definition) is 0. The number of nitrogens with zero attached hydrogens (tertiary/aromatic N) is 1. The van der Waals surface area contributed by atoms with E-state index in [1.54, 1.807) is 22.7 Å². The topological polar surface area (TPSA) is 20.3 Å². The van der Waals surface area contributed by atoms with E-state index in [4.69, 9.17) is 0 Å². The molecule has 2 nitrogen and oxygen atoms in total. The van der Waals surface area contributed by atoms with Crippen molar-refractivity contribution in [3.05, 3.63) is 22.4 Å². The predicted octanol–water partition coefficient (Wildman–Crippen LogP) is 4.60. The molecule has 2 heterocycles. The largest absolute Gasteiger partial charge is 0.341 e. The highest BCUT2D eigenvalue weighted by molar-refractivity contribution is 9.09. The number of alkyl halides is 1. The lowest BCUT2D eigenvalue weighted by atomic mass is 10.2. The first-order valence-electron chi connectivity index (χ1n) is 6.01. The maximum Gasteiger partial charge on any atom is 0.263 e. The van der Waals surface area contributed by atoms with Gasteiger partial charge >= 0.3 is 0 Å². The van der Waals surface area contributed by atoms with Gasteiger partial charge in [0.2, 0.25) is 0 Å². The molecule has 5 heteroatoms. The van der Waals surface area contributed by atoms with E-state index in [9.17, 15) is 4.79 Å². The zero-order valence-corrected chi connectivity index (χ0v) is 13.5. The van der Waals surface area contributed by atoms with Crippen molar-refractivity contribution >= 4 is 53.9 Å². The van der Waals surface area contributed by atoms with E-state index < -0.39 is 0 Å². The van der Waals surface area contributed by atoms with Crippen LogP contribution in [0.15, 0.2) is 17.5 Å². The molecule has 0 aliphatic carbocycles. The second-order valence-corrected chi connectivity index (χ2v) is 7.06. The first-order valence-corrected chi connectivity index (χ1v) is 8.82. The highest BCUT2D eigenvalue weighted by Crippen LogP contribution is 2.30. The summed E-state index contributed by atoms with van der Waals surface area (Å²) < 4.78 is 2.44. The number of hydrogen-bond acceptors (Lipinski definition) is 3. The number of unbranched alkanes of at least 4 members (excludes halogenated alkanes) is 2. The van der Waals surface area contributed by atoms with Crippen molar-refractivity contribution in [2.45, 2.75) is 19.3 Å². The molecule has 0 radical (unpaired) electrons. The van der Waals surface area contributed by atoms with Crippen LogP contribution in [0.4, 0.5) is 0 Å². The van der Waals surface area contributed by atoms with Gasteiger partial charge in [-0.05, 0) is 30.4 Å². The van der Waals surface area contributed by atoms with E-state index >= 15 is 0 Å². The lowest BCUT2D eigenvalue weighted by Crippen LogP contribution is -2.26. The predicted molar refractivity (Wildman–Crippen MR) is 84.3 cm³/mol. The Labute approximate surface area is 124 Å². The van der Waals surface area contributed by atoms with Crippen LogP contribution in [0.2, 0.25) is 0 Å². The summed E-state index contributed by atoms with van der Waals surface area (Å²) >= 11 is 6.71. The molecule has 0 unspecified atom stereocenters. The van der Waals surface area contributed by atoms with Crippen LogP contribution in [0.5, 0.6) is 0 Å². The second-order valence-electron chi connectivity index (χ2n) is 4.24. The Morgan fingerprint density at radius 3 is 2.89 bits per heavy atom. The molecule has 0 fully saturated rings. The Kier molecular flexibility index (Phi) is 5.21. The third-order valence-corrected chi connectivity index (χ3v) is 5.47. The molecule has 0 spiro atoms. The minimum atomic E-state index is 0.155. The Balaban J connectivity index is 1.92. The third-order valence-electron chi connectivity index (χ3n) is 2.82. The lowest BCUT2D eigenvalue weighted by molar-refractivity contribution is 0.0797. The first-order chi connectivity index (χ1) is 8.72. The van der Waals surface area contributed by atoms with Gasteiger partial charge in [-0.2, -0.15) is 0 Å². The Bertz CT molecular complexity index is 491. The van der Waals surface area contributed by atoms with Gasteiger partial charge in [-0.25, -0.2) is 0 Å². The number of fused-ring (bicyclic) bond motifs is 1. The normalized spacial score (nSPS) is 11.0. The molecule has 0 bridgehead atoms. The van der Waals surface area contributed by atoms with E-state index in [2.05, 4.69) is 27.4 Å². The van der Waals surface area contributed by atoms with Crippen LogP contribution in [-0.2, 0) is 0 Å². The highest BCUT2D eigenvalue weighted by Gasteiger charge is 2.14. The molecule has 98 valence electrons. The standard InChI is InChI=1S/C13H16BrNOS2/c1-15(7-4-2-3-6-14)13(16)12-9-11-10(18-12)5-8-17-11/h5,8-9H,2-4,6-7H2,1H3. The Morgan fingerprint density at radius 1 is 1.33 bits per heavy atom. The molecule has 2 rings (SSSR count). The molecule has 0 saturated heterocycles. The maximum absolute atomic E-state index is 12.2. The van der Waals surface area contributed by atoms with Gasteiger partial charge in [0.1, 0.15) is 0 Å². The van der Waals surface area contributed by atoms with Gasteiger partial charge in [0, 0.05) is 28.3 Å². The summed E-state index contributed by atoms with van der Waals surface area (Å²) in [5, 5.41) is 3.12. The fourth-order valence-corrected chi connectivity index (χ4v) is 4.28. The van der Waals surface area contributed by atoms with Crippen LogP contribution >= 0.6 is 38.6 Å². The molecular weight excluding hydrogens is 330 g/mol. The average molecular weight is 346 g/mol. The summed E-state index contributed by atoms with van der Waals surface area (Å²) in [6.45, 7) is 0.845. The summed E-state index contributed by atoms with van der Waals surface area (Å²) in [4.78, 5) is 14.9. The van der Waals surface area contributed by atoms with Crippen molar-refractivity contribution in [1.29, 1.82) is 0 Å². The average Bonchev–Trinajstić information content (AvgIpc) is 2.94. The molecule has 0 saturated carbocycles. The molecule has 2 aromatic rings. The number of rotatable bonds is 6. The molecule has 18 heavy (non-hydrogen) atoms. The van der Waals surface area contributed by atoms with Gasteiger partial charge in [-0.15, -0.1) is 22.7 Å². The van der Waals surface area contributed by atoms with Crippen LogP contribution in [0.3, 0.4) is 0 Å². The number of thiophene rings is 2. The first kappa shape index (κ1) is 14.0. The molecule has 0 atom stereocenters. The van der Waals surface area contributed by atoms with E-state index in [0.717, 1.165) is 23.2 Å². The third kappa shape index (κ3) is 3.33. The molecule has 0 aromatic carbocycles. The summed E-state index contributed by atoms with van der Waals surface area (Å²) in [6.07, 6.45) is 3.42. The van der Waals surface area contributed by atoms with Gasteiger partial charge in [-0.3, -0.25) is 4.79 Å². The van der Waals surface area contributed by atoms with Crippen LogP contribution in [0, 0.1) is 0 Å². The van der Waals surface area contributed by atoms with Gasteiger partial charge in [0.25, 0.3) is 5.91 Å². The van der Waals surface area contributed by atoms with Crippen molar-refractivity contribution in [1.82, 2.24) is 4.90 Å². The minimum Gasteiger partial charge on any atom is -0.341 e. The zero-order chi connectivity index (χ0) is 13.0. The zero-order valence-electron chi connectivity index (χ0n) is 10.3. The number of halogens is 1.